The molecule has 0 spiro atoms. The van der Waals surface area contributed by atoms with Gasteiger partial charge in [-0.1, -0.05) is 13.3 Å². The smallest absolute Gasteiger partial charge is 0.234 e. The third kappa shape index (κ3) is 5.27. The molecule has 1 amide bonds. The molecule has 0 bridgehead atoms. The van der Waals surface area contributed by atoms with Crippen LogP contribution in [0.3, 0.4) is 0 Å². The highest BCUT2D eigenvalue weighted by molar-refractivity contribution is 5.78. The van der Waals surface area contributed by atoms with Crippen molar-refractivity contribution in [3.63, 3.8) is 0 Å². The quantitative estimate of drug-likeness (QED) is 0.774. The number of nitrogens with zero attached hydrogens (tertiary/aromatic N) is 1. The van der Waals surface area contributed by atoms with Gasteiger partial charge in [-0.05, 0) is 37.5 Å². The van der Waals surface area contributed by atoms with Gasteiger partial charge in [0.25, 0.3) is 0 Å². The number of amides is 1. The van der Waals surface area contributed by atoms with Crippen molar-refractivity contribution in [1.29, 1.82) is 0 Å². The molecule has 1 aromatic rings. The van der Waals surface area contributed by atoms with E-state index in [1.165, 1.54) is 5.56 Å². The van der Waals surface area contributed by atoms with Crippen molar-refractivity contribution in [2.24, 2.45) is 0 Å². The summed E-state index contributed by atoms with van der Waals surface area (Å²) >= 11 is 0. The van der Waals surface area contributed by atoms with E-state index < -0.39 is 0 Å². The lowest BCUT2D eigenvalue weighted by Gasteiger charge is -2.13. The van der Waals surface area contributed by atoms with Gasteiger partial charge in [0.05, 0.1) is 6.54 Å². The van der Waals surface area contributed by atoms with E-state index in [9.17, 15) is 4.79 Å². The van der Waals surface area contributed by atoms with Gasteiger partial charge in [-0.2, -0.15) is 0 Å². The molecule has 0 aliphatic carbocycles. The standard InChI is InChI=1S/C14H23N3O/c1-4-5-12(3)17-14(18)10-16-9-13-8-15-7-6-11(13)2/h6-8,12,16H,4-5,9-10H2,1-3H3,(H,17,18). The maximum atomic E-state index is 11.6. The van der Waals surface area contributed by atoms with Crippen LogP contribution in [-0.4, -0.2) is 23.5 Å². The van der Waals surface area contributed by atoms with Crippen molar-refractivity contribution in [1.82, 2.24) is 15.6 Å². The Balaban J connectivity index is 2.25. The largest absolute Gasteiger partial charge is 0.353 e. The second-order valence-corrected chi connectivity index (χ2v) is 4.66. The summed E-state index contributed by atoms with van der Waals surface area (Å²) < 4.78 is 0. The molecule has 1 unspecified atom stereocenters. The van der Waals surface area contributed by atoms with Crippen LogP contribution in [-0.2, 0) is 11.3 Å². The lowest BCUT2D eigenvalue weighted by atomic mass is 10.1. The minimum Gasteiger partial charge on any atom is -0.353 e. The summed E-state index contributed by atoms with van der Waals surface area (Å²) in [7, 11) is 0. The predicted octanol–water partition coefficient (Wildman–Crippen LogP) is 1.78. The van der Waals surface area contributed by atoms with Crippen LogP contribution >= 0.6 is 0 Å². The van der Waals surface area contributed by atoms with Gasteiger partial charge in [0.1, 0.15) is 0 Å². The van der Waals surface area contributed by atoms with E-state index in [2.05, 4.69) is 22.5 Å². The molecular weight excluding hydrogens is 226 g/mol. The number of aryl methyl sites for hydroxylation is 1. The number of hydrogen-bond donors (Lipinski definition) is 2. The van der Waals surface area contributed by atoms with Crippen molar-refractivity contribution >= 4 is 5.91 Å². The zero-order valence-corrected chi connectivity index (χ0v) is 11.5. The Labute approximate surface area is 109 Å². The number of carbonyl (C=O) groups is 1. The number of carbonyl (C=O) groups excluding carboxylic acids is 1. The Morgan fingerprint density at radius 3 is 2.94 bits per heavy atom. The summed E-state index contributed by atoms with van der Waals surface area (Å²) in [6.07, 6.45) is 5.72. The van der Waals surface area contributed by atoms with E-state index in [0.29, 0.717) is 13.1 Å². The molecule has 0 radical (unpaired) electrons. The highest BCUT2D eigenvalue weighted by atomic mass is 16.1. The SMILES string of the molecule is CCCC(C)NC(=O)CNCc1cnccc1C. The monoisotopic (exact) mass is 249 g/mol. The molecular formula is C14H23N3O. The van der Waals surface area contributed by atoms with Gasteiger partial charge in [-0.25, -0.2) is 0 Å². The number of rotatable bonds is 7. The molecule has 1 heterocycles. The third-order valence-electron chi connectivity index (χ3n) is 2.88. The van der Waals surface area contributed by atoms with E-state index in [1.807, 2.05) is 26.1 Å². The predicted molar refractivity (Wildman–Crippen MR) is 73.2 cm³/mol. The van der Waals surface area contributed by atoms with Crippen LogP contribution in [0.5, 0.6) is 0 Å². The zero-order chi connectivity index (χ0) is 13.4. The lowest BCUT2D eigenvalue weighted by Crippen LogP contribution is -2.38. The van der Waals surface area contributed by atoms with Gasteiger partial charge >= 0.3 is 0 Å². The maximum absolute atomic E-state index is 11.6. The van der Waals surface area contributed by atoms with Gasteiger partial charge < -0.3 is 10.6 Å². The molecule has 4 nitrogen and oxygen atoms in total. The summed E-state index contributed by atoms with van der Waals surface area (Å²) in [6, 6.07) is 2.23. The van der Waals surface area contributed by atoms with Crippen LogP contribution in [0.1, 0.15) is 37.8 Å². The highest BCUT2D eigenvalue weighted by Crippen LogP contribution is 2.03. The molecule has 0 aliphatic rings. The lowest BCUT2D eigenvalue weighted by molar-refractivity contribution is -0.120. The molecule has 100 valence electrons. The van der Waals surface area contributed by atoms with Gasteiger partial charge in [0.15, 0.2) is 0 Å². The van der Waals surface area contributed by atoms with Crippen molar-refractivity contribution in [3.8, 4) is 0 Å². The first kappa shape index (κ1) is 14.6. The fourth-order valence-electron chi connectivity index (χ4n) is 1.82. The van der Waals surface area contributed by atoms with E-state index in [0.717, 1.165) is 18.4 Å². The average Bonchev–Trinajstić information content (AvgIpc) is 2.31. The van der Waals surface area contributed by atoms with Crippen LogP contribution in [0, 0.1) is 6.92 Å². The van der Waals surface area contributed by atoms with Crippen LogP contribution in [0.2, 0.25) is 0 Å². The molecule has 1 atom stereocenters. The minimum atomic E-state index is 0.0532. The number of pyridine rings is 1. The molecule has 0 aliphatic heterocycles. The summed E-state index contributed by atoms with van der Waals surface area (Å²) in [4.78, 5) is 15.7. The Morgan fingerprint density at radius 1 is 1.50 bits per heavy atom. The van der Waals surface area contributed by atoms with Crippen LogP contribution < -0.4 is 10.6 Å². The molecule has 18 heavy (non-hydrogen) atoms. The molecule has 4 heteroatoms. The first-order valence-corrected chi connectivity index (χ1v) is 6.53. The van der Waals surface area contributed by atoms with Crippen molar-refractivity contribution in [3.05, 3.63) is 29.6 Å². The second kappa shape index (κ2) is 7.82. The Morgan fingerprint density at radius 2 is 2.28 bits per heavy atom. The summed E-state index contributed by atoms with van der Waals surface area (Å²) in [6.45, 7) is 7.22. The van der Waals surface area contributed by atoms with Crippen LogP contribution in [0.15, 0.2) is 18.5 Å². The third-order valence-corrected chi connectivity index (χ3v) is 2.88. The average molecular weight is 249 g/mol. The molecule has 0 saturated carbocycles. The minimum absolute atomic E-state index is 0.0532. The normalized spacial score (nSPS) is 12.2. The van der Waals surface area contributed by atoms with Gasteiger partial charge in [-0.15, -0.1) is 0 Å². The maximum Gasteiger partial charge on any atom is 0.234 e. The molecule has 0 aromatic carbocycles. The van der Waals surface area contributed by atoms with Crippen molar-refractivity contribution < 1.29 is 4.79 Å². The van der Waals surface area contributed by atoms with Crippen LogP contribution in [0.25, 0.3) is 0 Å². The number of hydrogen-bond acceptors (Lipinski definition) is 3. The number of nitrogens with one attached hydrogen (secondary N) is 2. The van der Waals surface area contributed by atoms with Gasteiger partial charge in [0, 0.05) is 25.0 Å². The Bertz CT molecular complexity index is 379. The molecule has 0 fully saturated rings. The van der Waals surface area contributed by atoms with Crippen LogP contribution in [0.4, 0.5) is 0 Å². The first-order valence-electron chi connectivity index (χ1n) is 6.53. The van der Waals surface area contributed by atoms with Gasteiger partial charge in [-0.3, -0.25) is 9.78 Å². The summed E-state index contributed by atoms with van der Waals surface area (Å²) in [5.41, 5.74) is 2.32. The molecule has 1 rings (SSSR count). The summed E-state index contributed by atoms with van der Waals surface area (Å²) in [5, 5.41) is 6.10. The fraction of sp³-hybridized carbons (Fsp3) is 0.571. The Kier molecular flexibility index (Phi) is 6.36. The van der Waals surface area contributed by atoms with E-state index in [-0.39, 0.29) is 11.9 Å². The Hall–Kier alpha value is -1.42. The van der Waals surface area contributed by atoms with E-state index in [4.69, 9.17) is 0 Å². The molecule has 0 saturated heterocycles. The summed E-state index contributed by atoms with van der Waals surface area (Å²) in [5.74, 6) is 0.0532. The second-order valence-electron chi connectivity index (χ2n) is 4.66. The highest BCUT2D eigenvalue weighted by Gasteiger charge is 2.06. The zero-order valence-electron chi connectivity index (χ0n) is 11.5. The number of aromatic nitrogens is 1. The first-order chi connectivity index (χ1) is 8.63. The van der Waals surface area contributed by atoms with Gasteiger partial charge in [0.2, 0.25) is 5.91 Å². The molecule has 2 N–H and O–H groups in total. The topological polar surface area (TPSA) is 54.0 Å². The van der Waals surface area contributed by atoms with Crippen molar-refractivity contribution in [2.75, 3.05) is 6.54 Å². The molecule has 1 aromatic heterocycles. The fourth-order valence-corrected chi connectivity index (χ4v) is 1.82. The van der Waals surface area contributed by atoms with E-state index in [1.54, 1.807) is 6.20 Å². The van der Waals surface area contributed by atoms with E-state index >= 15 is 0 Å². The van der Waals surface area contributed by atoms with Crippen molar-refractivity contribution in [2.45, 2.75) is 46.2 Å².